The van der Waals surface area contributed by atoms with Crippen molar-refractivity contribution in [3.63, 3.8) is 0 Å². The number of hydrogen-bond donors (Lipinski definition) is 2. The number of halogens is 3. The van der Waals surface area contributed by atoms with Crippen LogP contribution >= 0.6 is 0 Å². The third kappa shape index (κ3) is 2.85. The van der Waals surface area contributed by atoms with Gasteiger partial charge in [0.25, 0.3) is 0 Å². The average Bonchev–Trinajstić information content (AvgIpc) is 2.26. The Labute approximate surface area is 106 Å². The zero-order chi connectivity index (χ0) is 14.0. The van der Waals surface area contributed by atoms with Gasteiger partial charge in [-0.3, -0.25) is 5.41 Å². The molecule has 6 heteroatoms. The molecule has 2 rings (SSSR count). The highest BCUT2D eigenvalue weighted by Gasteiger charge is 2.14. The number of nitrogens with two attached hydrogens (primary N) is 1. The van der Waals surface area contributed by atoms with Crippen LogP contribution in [0.5, 0.6) is 11.5 Å². The van der Waals surface area contributed by atoms with Crippen LogP contribution in [0, 0.1) is 22.9 Å². The van der Waals surface area contributed by atoms with E-state index in [1.807, 2.05) is 0 Å². The number of amidine groups is 1. The summed E-state index contributed by atoms with van der Waals surface area (Å²) >= 11 is 0. The zero-order valence-corrected chi connectivity index (χ0v) is 9.58. The van der Waals surface area contributed by atoms with Crippen LogP contribution in [0.4, 0.5) is 13.2 Å². The van der Waals surface area contributed by atoms with Crippen molar-refractivity contribution in [1.29, 1.82) is 5.41 Å². The Hall–Kier alpha value is -2.50. The summed E-state index contributed by atoms with van der Waals surface area (Å²) in [5, 5.41) is 7.28. The lowest BCUT2D eigenvalue weighted by molar-refractivity contribution is 0.462. The predicted octanol–water partition coefficient (Wildman–Crippen LogP) is 3.18. The number of ether oxygens (including phenoxy) is 1. The third-order valence-corrected chi connectivity index (χ3v) is 2.31. The van der Waals surface area contributed by atoms with E-state index in [0.717, 1.165) is 18.2 Å². The number of nitrogen functional groups attached to an aromatic ring is 1. The van der Waals surface area contributed by atoms with Gasteiger partial charge in [-0.2, -0.15) is 0 Å². The van der Waals surface area contributed by atoms with Crippen molar-refractivity contribution in [3.8, 4) is 11.5 Å². The fraction of sp³-hybridized carbons (Fsp3) is 0. The number of nitrogens with one attached hydrogen (secondary N) is 1. The van der Waals surface area contributed by atoms with Crippen LogP contribution in [0.25, 0.3) is 0 Å². The summed E-state index contributed by atoms with van der Waals surface area (Å²) in [6.07, 6.45) is 0. The Morgan fingerprint density at radius 2 is 1.68 bits per heavy atom. The van der Waals surface area contributed by atoms with Crippen LogP contribution in [0.2, 0.25) is 0 Å². The molecule has 0 amide bonds. The number of benzene rings is 2. The SMILES string of the molecule is N=C(N)c1c(F)cccc1Oc1cc(F)cc(F)c1. The maximum Gasteiger partial charge on any atom is 0.141 e. The minimum absolute atomic E-state index is 0.0856. The zero-order valence-electron chi connectivity index (χ0n) is 9.58. The van der Waals surface area contributed by atoms with Gasteiger partial charge in [0, 0.05) is 18.2 Å². The molecule has 0 saturated carbocycles. The molecule has 98 valence electrons. The molecule has 0 bridgehead atoms. The smallest absolute Gasteiger partial charge is 0.141 e. The molecule has 0 atom stereocenters. The average molecular weight is 266 g/mol. The first-order valence-corrected chi connectivity index (χ1v) is 5.24. The summed E-state index contributed by atoms with van der Waals surface area (Å²) in [6, 6.07) is 6.37. The normalized spacial score (nSPS) is 10.3. The summed E-state index contributed by atoms with van der Waals surface area (Å²) in [7, 11) is 0. The van der Waals surface area contributed by atoms with Crippen LogP contribution in [0.1, 0.15) is 5.56 Å². The predicted molar refractivity (Wildman–Crippen MR) is 63.8 cm³/mol. The standard InChI is InChI=1S/C13H9F3N2O/c14-7-4-8(15)6-9(5-7)19-11-3-1-2-10(16)12(11)13(17)18/h1-6H,(H3,17,18). The van der Waals surface area contributed by atoms with Crippen molar-refractivity contribution < 1.29 is 17.9 Å². The molecule has 3 N–H and O–H groups in total. The molecule has 0 saturated heterocycles. The monoisotopic (exact) mass is 266 g/mol. The molecule has 0 aromatic heterocycles. The summed E-state index contributed by atoms with van der Waals surface area (Å²) in [5.41, 5.74) is 4.99. The summed E-state index contributed by atoms with van der Waals surface area (Å²) < 4.78 is 44.7. The van der Waals surface area contributed by atoms with E-state index in [0.29, 0.717) is 6.07 Å². The molecule has 3 nitrogen and oxygen atoms in total. The highest BCUT2D eigenvalue weighted by molar-refractivity contribution is 5.98. The van der Waals surface area contributed by atoms with E-state index >= 15 is 0 Å². The van der Waals surface area contributed by atoms with Crippen molar-refractivity contribution in [2.45, 2.75) is 0 Å². The maximum absolute atomic E-state index is 13.5. The quantitative estimate of drug-likeness (QED) is 0.662. The first-order valence-electron chi connectivity index (χ1n) is 5.24. The molecule has 0 unspecified atom stereocenters. The molecule has 0 aliphatic carbocycles. The van der Waals surface area contributed by atoms with E-state index in [2.05, 4.69) is 0 Å². The Balaban J connectivity index is 2.43. The molecule has 0 heterocycles. The van der Waals surface area contributed by atoms with E-state index in [4.69, 9.17) is 15.9 Å². The highest BCUT2D eigenvalue weighted by atomic mass is 19.1. The number of hydrogen-bond acceptors (Lipinski definition) is 2. The van der Waals surface area contributed by atoms with Gasteiger partial charge in [-0.05, 0) is 12.1 Å². The first-order chi connectivity index (χ1) is 8.97. The minimum atomic E-state index is -0.823. The first kappa shape index (κ1) is 12.9. The lowest BCUT2D eigenvalue weighted by Gasteiger charge is -2.11. The van der Waals surface area contributed by atoms with Crippen LogP contribution in [0.3, 0.4) is 0 Å². The second-order valence-electron chi connectivity index (χ2n) is 3.73. The van der Waals surface area contributed by atoms with E-state index in [9.17, 15) is 13.2 Å². The Bertz CT molecular complexity index is 624. The van der Waals surface area contributed by atoms with Gasteiger partial charge in [-0.1, -0.05) is 6.07 Å². The lowest BCUT2D eigenvalue weighted by Crippen LogP contribution is -2.14. The van der Waals surface area contributed by atoms with Gasteiger partial charge in [0.05, 0.1) is 5.56 Å². The topological polar surface area (TPSA) is 59.1 Å². The highest BCUT2D eigenvalue weighted by Crippen LogP contribution is 2.27. The second-order valence-corrected chi connectivity index (χ2v) is 3.73. The molecule has 0 spiro atoms. The lowest BCUT2D eigenvalue weighted by atomic mass is 10.1. The third-order valence-electron chi connectivity index (χ3n) is 2.31. The van der Waals surface area contributed by atoms with Crippen molar-refractivity contribution >= 4 is 5.84 Å². The molecular weight excluding hydrogens is 257 g/mol. The Kier molecular flexibility index (Phi) is 3.41. The van der Waals surface area contributed by atoms with Crippen molar-refractivity contribution in [2.24, 2.45) is 5.73 Å². The van der Waals surface area contributed by atoms with E-state index in [-0.39, 0.29) is 17.1 Å². The molecule has 2 aromatic rings. The summed E-state index contributed by atoms with van der Waals surface area (Å²) in [4.78, 5) is 0. The molecule has 2 aromatic carbocycles. The van der Waals surface area contributed by atoms with Gasteiger partial charge in [0.2, 0.25) is 0 Å². The van der Waals surface area contributed by atoms with Crippen LogP contribution in [-0.2, 0) is 0 Å². The van der Waals surface area contributed by atoms with Crippen molar-refractivity contribution in [3.05, 3.63) is 59.4 Å². The molecule has 0 aliphatic rings. The molecule has 0 aliphatic heterocycles. The fourth-order valence-corrected chi connectivity index (χ4v) is 1.57. The van der Waals surface area contributed by atoms with Gasteiger partial charge in [0.1, 0.15) is 34.8 Å². The number of rotatable bonds is 3. The van der Waals surface area contributed by atoms with Gasteiger partial charge in [-0.15, -0.1) is 0 Å². The second kappa shape index (κ2) is 5.01. The molecule has 19 heavy (non-hydrogen) atoms. The largest absolute Gasteiger partial charge is 0.456 e. The maximum atomic E-state index is 13.5. The van der Waals surface area contributed by atoms with E-state index in [1.165, 1.54) is 12.1 Å². The Morgan fingerprint density at radius 3 is 2.26 bits per heavy atom. The molecule has 0 fully saturated rings. The van der Waals surface area contributed by atoms with Gasteiger partial charge < -0.3 is 10.5 Å². The van der Waals surface area contributed by atoms with E-state index in [1.54, 1.807) is 0 Å². The van der Waals surface area contributed by atoms with Crippen LogP contribution in [0.15, 0.2) is 36.4 Å². The van der Waals surface area contributed by atoms with Crippen molar-refractivity contribution in [2.75, 3.05) is 0 Å². The van der Waals surface area contributed by atoms with E-state index < -0.39 is 23.3 Å². The molecule has 0 radical (unpaired) electrons. The van der Waals surface area contributed by atoms with Gasteiger partial charge in [0.15, 0.2) is 0 Å². The summed E-state index contributed by atoms with van der Waals surface area (Å²) in [5.74, 6) is -3.17. The van der Waals surface area contributed by atoms with Crippen LogP contribution in [-0.4, -0.2) is 5.84 Å². The fourth-order valence-electron chi connectivity index (χ4n) is 1.57. The minimum Gasteiger partial charge on any atom is -0.456 e. The molecular formula is C13H9F3N2O. The van der Waals surface area contributed by atoms with Crippen molar-refractivity contribution in [1.82, 2.24) is 0 Å². The summed E-state index contributed by atoms with van der Waals surface area (Å²) in [6.45, 7) is 0. The van der Waals surface area contributed by atoms with Gasteiger partial charge in [-0.25, -0.2) is 13.2 Å². The Morgan fingerprint density at radius 1 is 1.05 bits per heavy atom. The van der Waals surface area contributed by atoms with Gasteiger partial charge >= 0.3 is 0 Å². The van der Waals surface area contributed by atoms with Crippen LogP contribution < -0.4 is 10.5 Å².